The summed E-state index contributed by atoms with van der Waals surface area (Å²) < 4.78 is 63.2. The molecule has 1 amide bonds. The largest absolute Gasteiger partial charge is 0.419 e. The van der Waals surface area contributed by atoms with Crippen LogP contribution in [0.25, 0.3) is 21.2 Å². The fourth-order valence-electron chi connectivity index (χ4n) is 6.67. The van der Waals surface area contributed by atoms with Gasteiger partial charge in [0.25, 0.3) is 5.91 Å². The summed E-state index contributed by atoms with van der Waals surface area (Å²) in [5.41, 5.74) is 0.0135. The minimum Gasteiger partial charge on any atom is -0.378 e. The van der Waals surface area contributed by atoms with E-state index in [1.54, 1.807) is 4.90 Å². The van der Waals surface area contributed by atoms with E-state index in [1.165, 1.54) is 30.6 Å². The van der Waals surface area contributed by atoms with Crippen LogP contribution in [-0.2, 0) is 22.8 Å². The predicted octanol–water partition coefficient (Wildman–Crippen LogP) is 5.50. The van der Waals surface area contributed by atoms with E-state index < -0.39 is 34.7 Å². The molecule has 6 rings (SSSR count). The van der Waals surface area contributed by atoms with Gasteiger partial charge >= 0.3 is 6.18 Å². The van der Waals surface area contributed by atoms with E-state index in [4.69, 9.17) is 4.98 Å². The number of nitrogens with zero attached hydrogens (tertiary/aromatic N) is 2. The molecular formula is C31H36F3N3O4S2. The van der Waals surface area contributed by atoms with Crippen LogP contribution < -0.4 is 5.32 Å². The number of hydrogen-bond acceptors (Lipinski definition) is 7. The Balaban J connectivity index is 1.29. The molecule has 2 N–H and O–H groups in total. The van der Waals surface area contributed by atoms with E-state index in [9.17, 15) is 31.5 Å². The normalized spacial score (nSPS) is 21.5. The van der Waals surface area contributed by atoms with Crippen molar-refractivity contribution in [3.05, 3.63) is 52.7 Å². The summed E-state index contributed by atoms with van der Waals surface area (Å²) in [5, 5.41) is 15.1. The highest BCUT2D eigenvalue weighted by molar-refractivity contribution is 7.91. The molecule has 0 bridgehead atoms. The Hall–Kier alpha value is -2.54. The second kappa shape index (κ2) is 11.8. The molecule has 0 radical (unpaired) electrons. The fourth-order valence-corrected chi connectivity index (χ4v) is 9.19. The number of benzene rings is 2. The number of likely N-dealkylation sites (tertiary alicyclic amines) is 1. The van der Waals surface area contributed by atoms with E-state index in [0.717, 1.165) is 51.7 Å². The molecule has 0 unspecified atom stereocenters. The zero-order chi connectivity index (χ0) is 30.4. The number of rotatable bonds is 7. The fraction of sp³-hybridized carbons (Fsp3) is 0.548. The number of amides is 1. The number of fused-ring (bicyclic) bond motifs is 1. The summed E-state index contributed by atoms with van der Waals surface area (Å²) in [6.07, 6.45) is 2.73. The first kappa shape index (κ1) is 30.5. The van der Waals surface area contributed by atoms with Gasteiger partial charge in [0, 0.05) is 31.2 Å². The molecule has 12 heteroatoms. The van der Waals surface area contributed by atoms with Gasteiger partial charge < -0.3 is 10.4 Å². The van der Waals surface area contributed by atoms with Gasteiger partial charge in [-0.2, -0.15) is 13.2 Å². The summed E-state index contributed by atoms with van der Waals surface area (Å²) in [6.45, 7) is -0.641. The van der Waals surface area contributed by atoms with Crippen LogP contribution in [0.2, 0.25) is 0 Å². The predicted molar refractivity (Wildman–Crippen MR) is 161 cm³/mol. The van der Waals surface area contributed by atoms with Gasteiger partial charge in [-0.1, -0.05) is 68.5 Å². The SMILES string of the molecule is O=C(NC1CCS(=O)(=O)CC1)c1nc(CC2CCCCC2)c(-c2ccc(CN3CC(O)(C(F)(F)F)C3)c3ccccc23)s1. The molecule has 3 aliphatic rings. The maximum Gasteiger partial charge on any atom is 0.419 e. The third kappa shape index (κ3) is 6.48. The number of carbonyl (C=O) groups excluding carboxylic acids is 1. The van der Waals surface area contributed by atoms with Crippen molar-refractivity contribution in [2.24, 2.45) is 5.92 Å². The highest BCUT2D eigenvalue weighted by atomic mass is 32.2. The van der Waals surface area contributed by atoms with E-state index >= 15 is 0 Å². The van der Waals surface area contributed by atoms with Crippen LogP contribution >= 0.6 is 11.3 Å². The molecule has 3 fully saturated rings. The smallest absolute Gasteiger partial charge is 0.378 e. The number of thiazole rings is 1. The molecule has 3 heterocycles. The van der Waals surface area contributed by atoms with Crippen molar-refractivity contribution in [3.8, 4) is 10.4 Å². The second-order valence-electron chi connectivity index (χ2n) is 12.4. The van der Waals surface area contributed by atoms with Gasteiger partial charge in [0.2, 0.25) is 0 Å². The van der Waals surface area contributed by atoms with E-state index in [2.05, 4.69) is 5.32 Å². The zero-order valence-corrected chi connectivity index (χ0v) is 25.5. The highest BCUT2D eigenvalue weighted by Gasteiger charge is 2.60. The topological polar surface area (TPSA) is 99.6 Å². The van der Waals surface area contributed by atoms with E-state index in [1.807, 2.05) is 36.4 Å². The molecule has 0 atom stereocenters. The molecule has 3 aromatic rings. The standard InChI is InChI=1S/C31H36F3N3O4S2/c32-31(33,34)30(39)18-37(19-30)17-21-10-11-25(24-9-5-4-8-23(21)24)27-26(16-20-6-2-1-3-7-20)36-29(42-27)28(38)35-22-12-14-43(40,41)15-13-22/h4-5,8-11,20,22,39H,1-3,6-7,12-19H2,(H,35,38). The van der Waals surface area contributed by atoms with Gasteiger partial charge in [-0.3, -0.25) is 9.69 Å². The minimum atomic E-state index is -4.66. The highest BCUT2D eigenvalue weighted by Crippen LogP contribution is 2.41. The summed E-state index contributed by atoms with van der Waals surface area (Å²) in [6, 6.07) is 11.5. The van der Waals surface area contributed by atoms with Crippen LogP contribution in [0.5, 0.6) is 0 Å². The Morgan fingerprint density at radius 1 is 1.02 bits per heavy atom. The number of aliphatic hydroxyl groups is 1. The molecule has 1 saturated carbocycles. The van der Waals surface area contributed by atoms with Gasteiger partial charge in [0.1, 0.15) is 9.84 Å². The third-order valence-corrected chi connectivity index (χ3v) is 12.0. The number of nitrogens with one attached hydrogen (secondary N) is 1. The molecule has 7 nitrogen and oxygen atoms in total. The van der Waals surface area contributed by atoms with Crippen LogP contribution in [0.3, 0.4) is 0 Å². The van der Waals surface area contributed by atoms with Crippen LogP contribution in [0.1, 0.15) is 66.0 Å². The van der Waals surface area contributed by atoms with Crippen molar-refractivity contribution in [2.45, 2.75) is 75.7 Å². The molecule has 43 heavy (non-hydrogen) atoms. The van der Waals surface area contributed by atoms with Crippen LogP contribution in [0, 0.1) is 5.92 Å². The maximum atomic E-state index is 13.3. The first-order valence-corrected chi connectivity index (χ1v) is 17.6. The Kier molecular flexibility index (Phi) is 8.33. The average molecular weight is 636 g/mol. The average Bonchev–Trinajstić information content (AvgIpc) is 3.37. The molecule has 2 aliphatic heterocycles. The lowest BCUT2D eigenvalue weighted by molar-refractivity contribution is -0.302. The van der Waals surface area contributed by atoms with Gasteiger partial charge in [0.05, 0.1) is 22.1 Å². The number of hydrogen-bond donors (Lipinski definition) is 2. The zero-order valence-electron chi connectivity index (χ0n) is 23.8. The summed E-state index contributed by atoms with van der Waals surface area (Å²) in [7, 11) is -3.04. The quantitative estimate of drug-likeness (QED) is 0.356. The molecule has 2 aromatic carbocycles. The second-order valence-corrected chi connectivity index (χ2v) is 15.7. The Morgan fingerprint density at radius 3 is 2.37 bits per heavy atom. The lowest BCUT2D eigenvalue weighted by atomic mass is 9.85. The summed E-state index contributed by atoms with van der Waals surface area (Å²) in [4.78, 5) is 20.7. The number of carbonyl (C=O) groups is 1. The Labute approximate surface area is 253 Å². The number of β-amino-alcohol motifs (C(OH)–C–C–N with tert-alkyl or cyclic N) is 1. The number of halogens is 3. The maximum absolute atomic E-state index is 13.3. The lowest BCUT2D eigenvalue weighted by Gasteiger charge is -2.47. The number of sulfone groups is 1. The molecule has 1 aliphatic carbocycles. The van der Waals surface area contributed by atoms with Crippen molar-refractivity contribution in [3.63, 3.8) is 0 Å². The minimum absolute atomic E-state index is 0.0687. The number of alkyl halides is 3. The lowest BCUT2D eigenvalue weighted by Crippen LogP contribution is -2.68. The van der Waals surface area contributed by atoms with Crippen molar-refractivity contribution in [1.82, 2.24) is 15.2 Å². The van der Waals surface area contributed by atoms with Crippen LogP contribution in [0.15, 0.2) is 36.4 Å². The van der Waals surface area contributed by atoms with Crippen molar-refractivity contribution in [2.75, 3.05) is 24.6 Å². The Bertz CT molecular complexity index is 1600. The summed E-state index contributed by atoms with van der Waals surface area (Å²) in [5.74, 6) is 0.332. The van der Waals surface area contributed by atoms with Crippen LogP contribution in [0.4, 0.5) is 13.2 Å². The first-order chi connectivity index (χ1) is 20.4. The van der Waals surface area contributed by atoms with Crippen molar-refractivity contribution in [1.29, 1.82) is 0 Å². The number of aromatic nitrogens is 1. The Morgan fingerprint density at radius 2 is 1.70 bits per heavy atom. The van der Waals surface area contributed by atoms with E-state index in [-0.39, 0.29) is 30.0 Å². The molecular weight excluding hydrogens is 599 g/mol. The summed E-state index contributed by atoms with van der Waals surface area (Å²) >= 11 is 1.34. The molecule has 1 aromatic heterocycles. The molecule has 0 spiro atoms. The van der Waals surface area contributed by atoms with Gasteiger partial charge in [-0.25, -0.2) is 13.4 Å². The molecule has 2 saturated heterocycles. The van der Waals surface area contributed by atoms with Crippen molar-refractivity contribution >= 4 is 37.9 Å². The van der Waals surface area contributed by atoms with Gasteiger partial charge in [0.15, 0.2) is 10.6 Å². The monoisotopic (exact) mass is 635 g/mol. The third-order valence-electron chi connectivity index (χ3n) is 9.14. The van der Waals surface area contributed by atoms with Gasteiger partial charge in [-0.15, -0.1) is 11.3 Å². The first-order valence-electron chi connectivity index (χ1n) is 14.9. The van der Waals surface area contributed by atoms with Crippen LogP contribution in [-0.4, -0.2) is 71.7 Å². The molecule has 232 valence electrons. The van der Waals surface area contributed by atoms with Gasteiger partial charge in [-0.05, 0) is 41.5 Å². The van der Waals surface area contributed by atoms with Crippen molar-refractivity contribution < 1.29 is 31.5 Å². The van der Waals surface area contributed by atoms with E-state index in [0.29, 0.717) is 23.8 Å².